The van der Waals surface area contributed by atoms with Gasteiger partial charge >= 0.3 is 6.03 Å². The molecule has 1 fully saturated rings. The molecule has 0 atom stereocenters. The third-order valence-electron chi connectivity index (χ3n) is 2.82. The number of Topliss-reactive ketones (excluding diaryl/α,β-unsaturated/α-hetero) is 1. The topological polar surface area (TPSA) is 78.5 Å². The van der Waals surface area contributed by atoms with E-state index in [-0.39, 0.29) is 17.7 Å². The summed E-state index contributed by atoms with van der Waals surface area (Å²) < 4.78 is 0. The highest BCUT2D eigenvalue weighted by atomic mass is 16.2. The highest BCUT2D eigenvalue weighted by Gasteiger charge is 2.18. The Balaban J connectivity index is 1.98. The van der Waals surface area contributed by atoms with E-state index in [0.717, 1.165) is 19.4 Å². The number of likely N-dealkylation sites (tertiary alicyclic amines) is 1. The largest absolute Gasteiger partial charge is 0.343 e. The summed E-state index contributed by atoms with van der Waals surface area (Å²) in [4.78, 5) is 35.1. The summed E-state index contributed by atoms with van der Waals surface area (Å²) in [5.41, 5.74) is 0. The molecule has 0 aliphatic carbocycles. The molecule has 1 aliphatic heterocycles. The van der Waals surface area contributed by atoms with Crippen molar-refractivity contribution in [2.75, 3.05) is 26.2 Å². The second-order valence-electron chi connectivity index (χ2n) is 4.47. The van der Waals surface area contributed by atoms with Gasteiger partial charge in [-0.3, -0.25) is 9.59 Å². The number of ketones is 1. The van der Waals surface area contributed by atoms with Crippen molar-refractivity contribution in [3.8, 4) is 0 Å². The summed E-state index contributed by atoms with van der Waals surface area (Å²) >= 11 is 0. The summed E-state index contributed by atoms with van der Waals surface area (Å²) in [5, 5.41) is 5.30. The molecule has 18 heavy (non-hydrogen) atoms. The first kappa shape index (κ1) is 14.5. The van der Waals surface area contributed by atoms with Gasteiger partial charge in [-0.25, -0.2) is 4.79 Å². The molecule has 1 rings (SSSR count). The van der Waals surface area contributed by atoms with Crippen LogP contribution in [0.3, 0.4) is 0 Å². The number of amides is 3. The summed E-state index contributed by atoms with van der Waals surface area (Å²) in [7, 11) is 0. The van der Waals surface area contributed by atoms with E-state index in [4.69, 9.17) is 0 Å². The molecule has 0 aromatic carbocycles. The molecular weight excluding hydrogens is 234 g/mol. The van der Waals surface area contributed by atoms with Crippen molar-refractivity contribution in [2.24, 2.45) is 0 Å². The Hall–Kier alpha value is -1.59. The van der Waals surface area contributed by atoms with Crippen LogP contribution in [-0.2, 0) is 9.59 Å². The van der Waals surface area contributed by atoms with E-state index in [1.54, 1.807) is 0 Å². The van der Waals surface area contributed by atoms with Crippen LogP contribution in [0.1, 0.15) is 32.6 Å². The van der Waals surface area contributed by atoms with Crippen molar-refractivity contribution in [3.05, 3.63) is 0 Å². The summed E-state index contributed by atoms with van der Waals surface area (Å²) in [6, 6.07) is -0.260. The zero-order valence-electron chi connectivity index (χ0n) is 10.8. The van der Waals surface area contributed by atoms with Gasteiger partial charge in [0.25, 0.3) is 0 Å². The molecule has 0 aromatic rings. The smallest absolute Gasteiger partial charge is 0.314 e. The molecule has 0 radical (unpaired) electrons. The molecule has 3 amide bonds. The predicted molar refractivity (Wildman–Crippen MR) is 67.1 cm³/mol. The Kier molecular flexibility index (Phi) is 6.18. The van der Waals surface area contributed by atoms with Gasteiger partial charge in [0.15, 0.2) is 0 Å². The van der Waals surface area contributed by atoms with Crippen molar-refractivity contribution < 1.29 is 14.4 Å². The molecule has 1 saturated heterocycles. The minimum absolute atomic E-state index is 0.0582. The van der Waals surface area contributed by atoms with E-state index in [9.17, 15) is 14.4 Å². The lowest BCUT2D eigenvalue weighted by molar-refractivity contribution is -0.127. The Labute approximate surface area is 107 Å². The van der Waals surface area contributed by atoms with Gasteiger partial charge in [0.05, 0.1) is 0 Å². The van der Waals surface area contributed by atoms with E-state index >= 15 is 0 Å². The average Bonchev–Trinajstić information content (AvgIpc) is 2.70. The number of urea groups is 1. The maximum atomic E-state index is 11.3. The standard InChI is InChI=1S/C12H21N3O3/c1-10(16)5-7-14-12(18)13-6-3-9-15-8-2-4-11(15)17/h2-9H2,1H3,(H2,13,14,18). The van der Waals surface area contributed by atoms with Crippen molar-refractivity contribution in [1.29, 1.82) is 0 Å². The Morgan fingerprint density at radius 2 is 2.00 bits per heavy atom. The van der Waals surface area contributed by atoms with E-state index < -0.39 is 0 Å². The third kappa shape index (κ3) is 5.65. The Morgan fingerprint density at radius 1 is 1.28 bits per heavy atom. The lowest BCUT2D eigenvalue weighted by Crippen LogP contribution is -2.38. The molecule has 0 aromatic heterocycles. The van der Waals surface area contributed by atoms with E-state index in [1.807, 2.05) is 4.90 Å². The fraction of sp³-hybridized carbons (Fsp3) is 0.750. The van der Waals surface area contributed by atoms with E-state index in [1.165, 1.54) is 6.92 Å². The van der Waals surface area contributed by atoms with Crippen LogP contribution >= 0.6 is 0 Å². The van der Waals surface area contributed by atoms with Crippen molar-refractivity contribution in [1.82, 2.24) is 15.5 Å². The first-order valence-corrected chi connectivity index (χ1v) is 6.38. The van der Waals surface area contributed by atoms with Crippen LogP contribution in [0.15, 0.2) is 0 Å². The number of carbonyl (C=O) groups is 3. The second kappa shape index (κ2) is 7.68. The van der Waals surface area contributed by atoms with Crippen LogP contribution in [0.25, 0.3) is 0 Å². The minimum Gasteiger partial charge on any atom is -0.343 e. The highest BCUT2D eigenvalue weighted by Crippen LogP contribution is 2.09. The Bertz CT molecular complexity index is 318. The maximum absolute atomic E-state index is 11.3. The fourth-order valence-electron chi connectivity index (χ4n) is 1.83. The second-order valence-corrected chi connectivity index (χ2v) is 4.47. The van der Waals surface area contributed by atoms with Gasteiger partial charge in [-0.1, -0.05) is 0 Å². The van der Waals surface area contributed by atoms with Crippen LogP contribution in [0, 0.1) is 0 Å². The number of hydrogen-bond donors (Lipinski definition) is 2. The van der Waals surface area contributed by atoms with E-state index in [2.05, 4.69) is 10.6 Å². The molecule has 2 N–H and O–H groups in total. The molecule has 0 saturated carbocycles. The molecule has 0 unspecified atom stereocenters. The molecule has 102 valence electrons. The highest BCUT2D eigenvalue weighted by molar-refractivity contribution is 5.78. The molecule has 6 nitrogen and oxygen atoms in total. The van der Waals surface area contributed by atoms with Crippen molar-refractivity contribution >= 4 is 17.7 Å². The summed E-state index contributed by atoms with van der Waals surface area (Å²) in [6.45, 7) is 3.93. The van der Waals surface area contributed by atoms with Gasteiger partial charge in [-0.05, 0) is 19.8 Å². The van der Waals surface area contributed by atoms with Gasteiger partial charge in [-0.2, -0.15) is 0 Å². The van der Waals surface area contributed by atoms with Crippen molar-refractivity contribution in [3.63, 3.8) is 0 Å². The molecule has 6 heteroatoms. The predicted octanol–water partition coefficient (Wildman–Crippen LogP) is 0.277. The zero-order valence-corrected chi connectivity index (χ0v) is 10.8. The van der Waals surface area contributed by atoms with Crippen molar-refractivity contribution in [2.45, 2.75) is 32.6 Å². The number of nitrogens with zero attached hydrogens (tertiary/aromatic N) is 1. The van der Waals surface area contributed by atoms with Crippen LogP contribution in [0.2, 0.25) is 0 Å². The normalized spacial score (nSPS) is 14.7. The average molecular weight is 255 g/mol. The fourth-order valence-corrected chi connectivity index (χ4v) is 1.83. The molecule has 0 bridgehead atoms. The number of hydrogen-bond acceptors (Lipinski definition) is 3. The number of nitrogens with one attached hydrogen (secondary N) is 2. The summed E-state index contributed by atoms with van der Waals surface area (Å²) in [6.07, 6.45) is 2.71. The van der Waals surface area contributed by atoms with Gasteiger partial charge < -0.3 is 15.5 Å². The van der Waals surface area contributed by atoms with Crippen LogP contribution in [0.5, 0.6) is 0 Å². The molecule has 1 heterocycles. The number of rotatable bonds is 7. The maximum Gasteiger partial charge on any atom is 0.314 e. The molecule has 1 aliphatic rings. The lowest BCUT2D eigenvalue weighted by atomic mass is 10.3. The van der Waals surface area contributed by atoms with Gasteiger partial charge in [0.2, 0.25) is 5.91 Å². The van der Waals surface area contributed by atoms with Crippen LogP contribution in [0.4, 0.5) is 4.79 Å². The van der Waals surface area contributed by atoms with Gasteiger partial charge in [0.1, 0.15) is 5.78 Å². The SMILES string of the molecule is CC(=O)CCNC(=O)NCCCN1CCCC1=O. The monoisotopic (exact) mass is 255 g/mol. The van der Waals surface area contributed by atoms with Crippen LogP contribution < -0.4 is 10.6 Å². The minimum atomic E-state index is -0.260. The van der Waals surface area contributed by atoms with E-state index in [0.29, 0.717) is 32.5 Å². The quantitative estimate of drug-likeness (QED) is 0.641. The molecular formula is C12H21N3O3. The third-order valence-corrected chi connectivity index (χ3v) is 2.82. The lowest BCUT2D eigenvalue weighted by Gasteiger charge is -2.15. The molecule has 0 spiro atoms. The van der Waals surface area contributed by atoms with Crippen LogP contribution in [-0.4, -0.2) is 48.8 Å². The first-order valence-electron chi connectivity index (χ1n) is 6.38. The Morgan fingerprint density at radius 3 is 2.61 bits per heavy atom. The zero-order chi connectivity index (χ0) is 13.4. The summed E-state index contributed by atoms with van der Waals surface area (Å²) in [5.74, 6) is 0.267. The number of carbonyl (C=O) groups excluding carboxylic acids is 3. The first-order chi connectivity index (χ1) is 8.59. The van der Waals surface area contributed by atoms with Gasteiger partial charge in [-0.15, -0.1) is 0 Å². The van der Waals surface area contributed by atoms with Gasteiger partial charge in [0, 0.05) is 39.0 Å².